The second kappa shape index (κ2) is 11.4. The number of hydrogen-bond acceptors (Lipinski definition) is 6. The first kappa shape index (κ1) is 31.8. The van der Waals surface area contributed by atoms with Crippen LogP contribution in [0.5, 0.6) is 0 Å². The summed E-state index contributed by atoms with van der Waals surface area (Å²) in [6.07, 6.45) is 0. The lowest BCUT2D eigenvalue weighted by atomic mass is 9.47. The fourth-order valence-electron chi connectivity index (χ4n) is 11.7. The van der Waals surface area contributed by atoms with Gasteiger partial charge in [0.25, 0.3) is 0 Å². The van der Waals surface area contributed by atoms with Crippen molar-refractivity contribution in [3.63, 3.8) is 0 Å². The first-order valence-electron chi connectivity index (χ1n) is 18.7. The summed E-state index contributed by atoms with van der Waals surface area (Å²) in [5, 5.41) is 5.33. The van der Waals surface area contributed by atoms with E-state index in [0.717, 1.165) is 55.6 Å². The Bertz CT molecular complexity index is 2210. The Kier molecular flexibility index (Phi) is 6.71. The predicted octanol–water partition coefficient (Wildman–Crippen LogP) is 5.39. The van der Waals surface area contributed by atoms with Crippen LogP contribution in [0.15, 0.2) is 121 Å². The van der Waals surface area contributed by atoms with Gasteiger partial charge in [-0.25, -0.2) is 0 Å². The molecule has 4 amide bonds. The van der Waals surface area contributed by atoms with Crippen LogP contribution < -0.4 is 10.6 Å². The van der Waals surface area contributed by atoms with Gasteiger partial charge in [0.15, 0.2) is 0 Å². The Morgan fingerprint density at radius 1 is 0.444 bits per heavy atom. The summed E-state index contributed by atoms with van der Waals surface area (Å²) in [6.45, 7) is 1.08. The molecule has 0 radical (unpaired) electrons. The van der Waals surface area contributed by atoms with E-state index in [9.17, 15) is 19.2 Å². The summed E-state index contributed by atoms with van der Waals surface area (Å²) in [5.41, 5.74) is 8.88. The van der Waals surface area contributed by atoms with Gasteiger partial charge in [-0.2, -0.15) is 0 Å². The Hall–Kier alpha value is -5.70. The monoisotopic (exact) mass is 712 g/mol. The van der Waals surface area contributed by atoms with Crippen LogP contribution in [-0.2, 0) is 52.7 Å². The fraction of sp³-hybridized carbons (Fsp3) is 0.261. The molecule has 2 fully saturated rings. The topological polar surface area (TPSA) is 111 Å². The maximum Gasteiger partial charge on any atom is 0.231 e. The van der Waals surface area contributed by atoms with Crippen LogP contribution in [-0.4, -0.2) is 36.8 Å². The van der Waals surface area contributed by atoms with Gasteiger partial charge >= 0.3 is 0 Å². The van der Waals surface area contributed by atoms with E-state index >= 15 is 0 Å². The molecular weight excluding hydrogens is 677 g/mol. The summed E-state index contributed by atoms with van der Waals surface area (Å²) in [5.74, 6) is -3.30. The highest BCUT2D eigenvalue weighted by Gasteiger charge is 2.67. The molecule has 2 saturated heterocycles. The zero-order valence-corrected chi connectivity index (χ0v) is 29.3. The van der Waals surface area contributed by atoms with Crippen LogP contribution in [0.1, 0.15) is 67.5 Å². The lowest BCUT2D eigenvalue weighted by molar-refractivity contribution is -0.128. The van der Waals surface area contributed by atoms with Gasteiger partial charge in [0.2, 0.25) is 23.6 Å². The minimum atomic E-state index is -0.805. The fourth-order valence-corrected chi connectivity index (χ4v) is 11.7. The highest BCUT2D eigenvalue weighted by Crippen LogP contribution is 2.64. The summed E-state index contributed by atoms with van der Waals surface area (Å²) < 4.78 is 13.2. The third-order valence-corrected chi connectivity index (χ3v) is 13.5. The van der Waals surface area contributed by atoms with E-state index in [0.29, 0.717) is 13.2 Å². The number of carbonyl (C=O) groups is 4. The summed E-state index contributed by atoms with van der Waals surface area (Å²) in [7, 11) is 0. The molecule has 54 heavy (non-hydrogen) atoms. The normalized spacial score (nSPS) is 30.1. The maximum absolute atomic E-state index is 13.6. The molecule has 2 heterocycles. The third-order valence-electron chi connectivity index (χ3n) is 13.5. The average molecular weight is 713 g/mol. The van der Waals surface area contributed by atoms with Crippen molar-refractivity contribution in [2.45, 2.75) is 35.9 Å². The minimum absolute atomic E-state index is 0.174. The molecule has 13 rings (SSSR count). The number of imide groups is 2. The maximum atomic E-state index is 13.6. The molecule has 0 spiro atoms. The molecule has 0 aromatic heterocycles. The Labute approximate surface area is 311 Å². The van der Waals surface area contributed by atoms with Gasteiger partial charge in [0, 0.05) is 11.8 Å². The van der Waals surface area contributed by atoms with Crippen molar-refractivity contribution >= 4 is 23.6 Å². The molecule has 2 aliphatic heterocycles. The Morgan fingerprint density at radius 2 is 0.796 bits per heavy atom. The number of amides is 4. The molecule has 4 atom stereocenters. The number of benzene rings is 5. The van der Waals surface area contributed by atoms with Gasteiger partial charge in [-0.15, -0.1) is 0 Å². The van der Waals surface area contributed by atoms with Gasteiger partial charge < -0.3 is 9.47 Å². The molecule has 6 aliphatic carbocycles. The second-order valence-electron chi connectivity index (χ2n) is 15.8. The Balaban J connectivity index is 0.874. The van der Waals surface area contributed by atoms with Crippen LogP contribution in [0.4, 0.5) is 0 Å². The largest absolute Gasteiger partial charge is 0.375 e. The van der Waals surface area contributed by atoms with Gasteiger partial charge in [-0.05, 0) is 55.6 Å². The molecule has 2 N–H and O–H groups in total. The van der Waals surface area contributed by atoms with E-state index in [4.69, 9.17) is 9.47 Å². The average Bonchev–Trinajstić information content (AvgIpc) is 3.69. The molecule has 8 heteroatoms. The molecule has 5 aromatic rings. The summed E-state index contributed by atoms with van der Waals surface area (Å²) in [6, 6.07) is 40.8. The van der Waals surface area contributed by atoms with Crippen molar-refractivity contribution in [1.29, 1.82) is 0 Å². The van der Waals surface area contributed by atoms with E-state index in [2.05, 4.69) is 65.2 Å². The number of hydrogen-bond donors (Lipinski definition) is 2. The van der Waals surface area contributed by atoms with Gasteiger partial charge in [0.05, 0.1) is 60.9 Å². The number of rotatable bonds is 8. The minimum Gasteiger partial charge on any atom is -0.375 e. The van der Waals surface area contributed by atoms with Gasteiger partial charge in [-0.3, -0.25) is 29.8 Å². The van der Waals surface area contributed by atoms with Crippen molar-refractivity contribution < 1.29 is 28.7 Å². The van der Waals surface area contributed by atoms with Crippen LogP contribution in [0.3, 0.4) is 0 Å². The van der Waals surface area contributed by atoms with Crippen LogP contribution in [0.25, 0.3) is 0 Å². The van der Waals surface area contributed by atoms with Crippen molar-refractivity contribution in [2.75, 3.05) is 13.2 Å². The molecular formula is C46H36N2O6. The van der Waals surface area contributed by atoms with Crippen molar-refractivity contribution in [3.8, 4) is 0 Å². The molecule has 8 nitrogen and oxygen atoms in total. The first-order valence-corrected chi connectivity index (χ1v) is 18.7. The molecule has 4 bridgehead atoms. The van der Waals surface area contributed by atoms with Crippen LogP contribution in [0.2, 0.25) is 0 Å². The molecule has 0 saturated carbocycles. The molecule has 8 aliphatic rings. The number of ether oxygens (including phenoxy) is 2. The second-order valence-corrected chi connectivity index (χ2v) is 15.8. The van der Waals surface area contributed by atoms with E-state index in [1.54, 1.807) is 0 Å². The smallest absolute Gasteiger partial charge is 0.231 e. The van der Waals surface area contributed by atoms with Crippen molar-refractivity contribution in [3.05, 3.63) is 177 Å². The SMILES string of the molecule is O=C1NC(=O)[C@@H]2[C@H]1C1c3ccccc3C2(COCc2cccc(COCC34c5ccccc5C(c5ccccc53)[C@@H]3C(=O)NC(=O)[C@@H]34)c2)c2ccccc21. The highest BCUT2D eigenvalue weighted by atomic mass is 16.5. The standard InChI is InChI=1S/C46H36N2O6/c49-41-37-35-27-12-1-5-16-31(27)45(39(37)43(51)47-41,32-17-6-2-13-28(32)35)23-53-21-25-10-9-11-26(20-25)22-54-24-46-33-18-7-3-14-29(33)36(30-15-4-8-19-34(30)46)38-40(46)44(52)48-42(38)50/h1-20,35-40H,21-24H2,(H,47,49,51)(H,48,50,52)/t35?,36?,37-,38+,39+,40-,45?,46?. The summed E-state index contributed by atoms with van der Waals surface area (Å²) >= 11 is 0. The predicted molar refractivity (Wildman–Crippen MR) is 197 cm³/mol. The number of carbonyl (C=O) groups excluding carboxylic acids is 4. The molecule has 0 unspecified atom stereocenters. The Morgan fingerprint density at radius 3 is 1.17 bits per heavy atom. The van der Waals surface area contributed by atoms with E-state index in [1.165, 1.54) is 0 Å². The molecule has 266 valence electrons. The number of nitrogens with one attached hydrogen (secondary N) is 2. The van der Waals surface area contributed by atoms with E-state index < -0.39 is 34.5 Å². The van der Waals surface area contributed by atoms with Gasteiger partial charge in [0.1, 0.15) is 0 Å². The lowest BCUT2D eigenvalue weighted by Gasteiger charge is -2.54. The van der Waals surface area contributed by atoms with Crippen molar-refractivity contribution in [1.82, 2.24) is 10.6 Å². The quantitative estimate of drug-likeness (QED) is 0.209. The first-order chi connectivity index (χ1) is 26.4. The highest BCUT2D eigenvalue weighted by molar-refractivity contribution is 6.09. The van der Waals surface area contributed by atoms with Crippen molar-refractivity contribution in [2.24, 2.45) is 23.7 Å². The zero-order chi connectivity index (χ0) is 36.3. The lowest BCUT2D eigenvalue weighted by Crippen LogP contribution is -2.55. The molecule has 5 aromatic carbocycles. The zero-order valence-electron chi connectivity index (χ0n) is 29.3. The van der Waals surface area contributed by atoms with Crippen LogP contribution >= 0.6 is 0 Å². The third kappa shape index (κ3) is 3.99. The summed E-state index contributed by atoms with van der Waals surface area (Å²) in [4.78, 5) is 53.8. The van der Waals surface area contributed by atoms with E-state index in [1.807, 2.05) is 66.7 Å². The van der Waals surface area contributed by atoms with Crippen LogP contribution in [0, 0.1) is 23.7 Å². The van der Waals surface area contributed by atoms with Gasteiger partial charge in [-0.1, -0.05) is 121 Å². The van der Waals surface area contributed by atoms with E-state index in [-0.39, 0.29) is 48.7 Å².